The number of aromatic amines is 1. The third-order valence-electron chi connectivity index (χ3n) is 6.12. The van der Waals surface area contributed by atoms with Crippen LogP contribution in [0.3, 0.4) is 0 Å². The highest BCUT2D eigenvalue weighted by molar-refractivity contribution is 7.88. The minimum absolute atomic E-state index is 0.112. The lowest BCUT2D eigenvalue weighted by molar-refractivity contribution is -0.137. The number of benzene rings is 3. The van der Waals surface area contributed by atoms with Crippen molar-refractivity contribution < 1.29 is 21.6 Å². The van der Waals surface area contributed by atoms with Gasteiger partial charge in [0.2, 0.25) is 10.0 Å². The van der Waals surface area contributed by atoms with E-state index in [1.54, 1.807) is 0 Å². The molecule has 0 bridgehead atoms. The third kappa shape index (κ3) is 4.05. The van der Waals surface area contributed by atoms with E-state index < -0.39 is 33.6 Å². The number of hydrogen-bond donors (Lipinski definition) is 1. The number of alkyl halides is 3. The predicted octanol–water partition coefficient (Wildman–Crippen LogP) is 5.66. The van der Waals surface area contributed by atoms with E-state index in [1.165, 1.54) is 16.4 Å². The maximum absolute atomic E-state index is 13.6. The van der Waals surface area contributed by atoms with Crippen LogP contribution in [-0.2, 0) is 28.4 Å². The number of para-hydroxylation sites is 1. The fourth-order valence-corrected chi connectivity index (χ4v) is 6.30. The largest absolute Gasteiger partial charge is 0.416 e. The Labute approximate surface area is 189 Å². The van der Waals surface area contributed by atoms with Crippen LogP contribution in [0.4, 0.5) is 13.2 Å². The van der Waals surface area contributed by atoms with Crippen LogP contribution in [0.15, 0.2) is 79.0 Å². The average molecular weight is 471 g/mol. The number of aromatic nitrogens is 1. The Morgan fingerprint density at radius 1 is 0.939 bits per heavy atom. The number of sulfonamides is 1. The van der Waals surface area contributed by atoms with Crippen LogP contribution in [0.25, 0.3) is 10.9 Å². The van der Waals surface area contributed by atoms with Crippen molar-refractivity contribution in [2.75, 3.05) is 6.54 Å². The highest BCUT2D eigenvalue weighted by Gasteiger charge is 2.38. The van der Waals surface area contributed by atoms with Crippen molar-refractivity contribution in [3.63, 3.8) is 0 Å². The highest BCUT2D eigenvalue weighted by atomic mass is 32.2. The second kappa shape index (κ2) is 8.04. The van der Waals surface area contributed by atoms with Gasteiger partial charge in [-0.1, -0.05) is 60.7 Å². The molecule has 5 rings (SSSR count). The molecular formula is C25H21F3N2O2S. The van der Waals surface area contributed by atoms with Gasteiger partial charge >= 0.3 is 6.18 Å². The predicted molar refractivity (Wildman–Crippen MR) is 121 cm³/mol. The lowest BCUT2D eigenvalue weighted by Gasteiger charge is -2.36. The Kier molecular flexibility index (Phi) is 5.29. The Morgan fingerprint density at radius 2 is 1.70 bits per heavy atom. The topological polar surface area (TPSA) is 53.2 Å². The van der Waals surface area contributed by atoms with E-state index in [0.717, 1.165) is 39.7 Å². The SMILES string of the molecule is O=S(=O)(Cc1cccc(C(F)(F)F)c1)N1CCc2ccccc2[C@H]1c1c[nH]c2ccccc12. The molecule has 1 aliphatic rings. The molecule has 4 nitrogen and oxygen atoms in total. The Morgan fingerprint density at radius 3 is 2.52 bits per heavy atom. The van der Waals surface area contributed by atoms with Gasteiger partial charge in [-0.3, -0.25) is 0 Å². The molecule has 1 aromatic heterocycles. The summed E-state index contributed by atoms with van der Waals surface area (Å²) >= 11 is 0. The molecule has 0 aliphatic carbocycles. The van der Waals surface area contributed by atoms with E-state index in [1.807, 2.05) is 54.7 Å². The molecule has 4 aromatic rings. The molecule has 0 saturated carbocycles. The van der Waals surface area contributed by atoms with E-state index in [4.69, 9.17) is 0 Å². The van der Waals surface area contributed by atoms with Crippen LogP contribution < -0.4 is 0 Å². The lowest BCUT2D eigenvalue weighted by atomic mass is 9.90. The van der Waals surface area contributed by atoms with Gasteiger partial charge in [0.25, 0.3) is 0 Å². The number of hydrogen-bond acceptors (Lipinski definition) is 2. The summed E-state index contributed by atoms with van der Waals surface area (Å²) < 4.78 is 68.1. The van der Waals surface area contributed by atoms with Crippen molar-refractivity contribution in [1.82, 2.24) is 9.29 Å². The maximum Gasteiger partial charge on any atom is 0.416 e. The van der Waals surface area contributed by atoms with E-state index in [9.17, 15) is 21.6 Å². The van der Waals surface area contributed by atoms with E-state index in [-0.39, 0.29) is 12.1 Å². The fraction of sp³-hybridized carbons (Fsp3) is 0.200. The third-order valence-corrected chi connectivity index (χ3v) is 7.92. The molecule has 1 aliphatic heterocycles. The molecular weight excluding hydrogens is 449 g/mol. The Hall–Kier alpha value is -3.10. The molecule has 1 N–H and O–H groups in total. The molecule has 0 fully saturated rings. The molecule has 170 valence electrons. The van der Waals surface area contributed by atoms with Crippen LogP contribution in [0.1, 0.15) is 33.9 Å². The minimum Gasteiger partial charge on any atom is -0.361 e. The summed E-state index contributed by atoms with van der Waals surface area (Å²) in [5.41, 5.74) is 2.93. The summed E-state index contributed by atoms with van der Waals surface area (Å²) in [7, 11) is -3.93. The second-order valence-corrected chi connectivity index (χ2v) is 10.1. The fourth-order valence-electron chi connectivity index (χ4n) is 4.62. The molecule has 8 heteroatoms. The zero-order chi connectivity index (χ0) is 23.2. The first-order chi connectivity index (χ1) is 15.7. The highest BCUT2D eigenvalue weighted by Crippen LogP contribution is 2.40. The molecule has 0 unspecified atom stereocenters. The zero-order valence-corrected chi connectivity index (χ0v) is 18.3. The van der Waals surface area contributed by atoms with Gasteiger partial charge in [-0.25, -0.2) is 8.42 Å². The molecule has 0 saturated heterocycles. The van der Waals surface area contributed by atoms with Crippen molar-refractivity contribution in [2.24, 2.45) is 0 Å². The van der Waals surface area contributed by atoms with Crippen LogP contribution in [0.2, 0.25) is 0 Å². The molecule has 2 heterocycles. The van der Waals surface area contributed by atoms with Gasteiger partial charge < -0.3 is 4.98 Å². The number of fused-ring (bicyclic) bond motifs is 2. The molecule has 33 heavy (non-hydrogen) atoms. The van der Waals surface area contributed by atoms with E-state index >= 15 is 0 Å². The van der Waals surface area contributed by atoms with Gasteiger partial charge in [-0.05, 0) is 35.2 Å². The van der Waals surface area contributed by atoms with E-state index in [0.29, 0.717) is 6.42 Å². The van der Waals surface area contributed by atoms with Crippen molar-refractivity contribution in [3.05, 3.63) is 107 Å². The van der Waals surface area contributed by atoms with Crippen LogP contribution in [-0.4, -0.2) is 24.3 Å². The van der Waals surface area contributed by atoms with Gasteiger partial charge in [0.05, 0.1) is 17.4 Å². The monoisotopic (exact) mass is 470 g/mol. The molecule has 0 amide bonds. The zero-order valence-electron chi connectivity index (χ0n) is 17.5. The molecule has 0 spiro atoms. The number of halogens is 3. The van der Waals surface area contributed by atoms with Crippen molar-refractivity contribution in [3.8, 4) is 0 Å². The molecule has 0 radical (unpaired) electrons. The van der Waals surface area contributed by atoms with Crippen molar-refractivity contribution in [1.29, 1.82) is 0 Å². The van der Waals surface area contributed by atoms with Gasteiger partial charge in [-0.15, -0.1) is 0 Å². The summed E-state index contributed by atoms with van der Waals surface area (Å²) in [5, 5.41) is 0.915. The maximum atomic E-state index is 13.6. The number of rotatable bonds is 4. The van der Waals surface area contributed by atoms with Gasteiger partial charge in [0.1, 0.15) is 0 Å². The van der Waals surface area contributed by atoms with Crippen molar-refractivity contribution in [2.45, 2.75) is 24.4 Å². The summed E-state index contributed by atoms with van der Waals surface area (Å²) in [6, 6.07) is 19.4. The number of nitrogens with one attached hydrogen (secondary N) is 1. The van der Waals surface area contributed by atoms with Gasteiger partial charge in [0, 0.05) is 29.2 Å². The first-order valence-electron chi connectivity index (χ1n) is 10.5. The first kappa shape index (κ1) is 21.7. The first-order valence-corrected chi connectivity index (χ1v) is 12.1. The second-order valence-electron chi connectivity index (χ2n) is 8.21. The molecule has 3 aromatic carbocycles. The van der Waals surface area contributed by atoms with E-state index in [2.05, 4.69) is 4.98 Å². The quantitative estimate of drug-likeness (QED) is 0.418. The summed E-state index contributed by atoms with van der Waals surface area (Å²) in [6.07, 6.45) is -2.17. The summed E-state index contributed by atoms with van der Waals surface area (Å²) in [5.74, 6) is -0.502. The number of nitrogens with zero attached hydrogens (tertiary/aromatic N) is 1. The Bertz CT molecular complexity index is 1430. The average Bonchev–Trinajstić information content (AvgIpc) is 3.21. The lowest BCUT2D eigenvalue weighted by Crippen LogP contribution is -2.41. The normalized spacial score (nSPS) is 17.2. The Balaban J connectivity index is 1.59. The van der Waals surface area contributed by atoms with Crippen molar-refractivity contribution >= 4 is 20.9 Å². The van der Waals surface area contributed by atoms with Crippen LogP contribution in [0, 0.1) is 0 Å². The van der Waals surface area contributed by atoms with Crippen LogP contribution >= 0.6 is 0 Å². The van der Waals surface area contributed by atoms with Gasteiger partial charge in [0.15, 0.2) is 0 Å². The van der Waals surface area contributed by atoms with Gasteiger partial charge in [-0.2, -0.15) is 17.5 Å². The van der Waals surface area contributed by atoms with Crippen LogP contribution in [0.5, 0.6) is 0 Å². The standard InChI is InChI=1S/C25H21F3N2O2S/c26-25(27,28)19-8-5-6-17(14-19)16-33(31,32)30-13-12-18-7-1-2-9-20(18)24(30)22-15-29-23-11-4-3-10-21(22)23/h1-11,14-15,24,29H,12-13,16H2/t24-/m0/s1. The summed E-state index contributed by atoms with van der Waals surface area (Å²) in [4.78, 5) is 3.22. The minimum atomic E-state index is -4.53. The smallest absolute Gasteiger partial charge is 0.361 e. The molecule has 1 atom stereocenters. The number of H-pyrrole nitrogens is 1. The summed E-state index contributed by atoms with van der Waals surface area (Å²) in [6.45, 7) is 0.252.